The number of carbonyl (C=O) groups excluding carboxylic acids is 1. The molecule has 0 aliphatic rings. The van der Waals surface area contributed by atoms with Gasteiger partial charge in [0.05, 0.1) is 5.41 Å². The Morgan fingerprint density at radius 2 is 1.90 bits per heavy atom. The van der Waals surface area contributed by atoms with Gasteiger partial charge in [0.25, 0.3) is 0 Å². The molecule has 1 rings (SSSR count). The summed E-state index contributed by atoms with van der Waals surface area (Å²) in [6.45, 7) is 4.69. The molecule has 1 aromatic carbocycles. The summed E-state index contributed by atoms with van der Waals surface area (Å²) in [5, 5.41) is 4.04. The maximum atomic E-state index is 12.2. The fraction of sp³-hybridized carbons (Fsp3) is 0.500. The molecule has 0 atom stereocenters. The van der Waals surface area contributed by atoms with Gasteiger partial charge in [-0.05, 0) is 30.5 Å². The topological polar surface area (TPSA) is 55.1 Å². The van der Waals surface area contributed by atoms with Crippen molar-refractivity contribution in [2.24, 2.45) is 11.1 Å². The predicted octanol–water partition coefficient (Wildman–Crippen LogP) is 3.80. The van der Waals surface area contributed by atoms with E-state index in [1.165, 1.54) is 0 Å². The van der Waals surface area contributed by atoms with Crippen LogP contribution in [0.4, 0.5) is 0 Å². The lowest BCUT2D eigenvalue weighted by Gasteiger charge is -2.28. The van der Waals surface area contributed by atoms with E-state index >= 15 is 0 Å². The molecule has 0 saturated heterocycles. The summed E-state index contributed by atoms with van der Waals surface area (Å²) in [4.78, 5) is 12.2. The van der Waals surface area contributed by atoms with E-state index in [9.17, 15) is 4.79 Å². The summed E-state index contributed by atoms with van der Waals surface area (Å²) in [5.74, 6) is -0.0222. The van der Waals surface area contributed by atoms with Crippen molar-refractivity contribution in [3.8, 4) is 0 Å². The van der Waals surface area contributed by atoms with Crippen LogP contribution in [-0.2, 0) is 11.3 Å². The van der Waals surface area contributed by atoms with E-state index in [4.69, 9.17) is 28.9 Å². The maximum Gasteiger partial charge on any atom is 0.227 e. The van der Waals surface area contributed by atoms with Gasteiger partial charge in [-0.3, -0.25) is 4.79 Å². The number of carbonyl (C=O) groups is 1. The van der Waals surface area contributed by atoms with Gasteiger partial charge in [-0.25, -0.2) is 0 Å². The van der Waals surface area contributed by atoms with Crippen LogP contribution >= 0.6 is 35.6 Å². The molecule has 3 nitrogen and oxygen atoms in total. The molecule has 6 heteroatoms. The van der Waals surface area contributed by atoms with Crippen molar-refractivity contribution in [2.45, 2.75) is 33.2 Å². The van der Waals surface area contributed by atoms with Crippen molar-refractivity contribution in [1.29, 1.82) is 0 Å². The molecule has 3 N–H and O–H groups in total. The van der Waals surface area contributed by atoms with Crippen molar-refractivity contribution in [1.82, 2.24) is 5.32 Å². The highest BCUT2D eigenvalue weighted by Crippen LogP contribution is 2.26. The third-order valence-corrected chi connectivity index (χ3v) is 4.27. The van der Waals surface area contributed by atoms with Crippen molar-refractivity contribution in [3.63, 3.8) is 0 Å². The smallest absolute Gasteiger partial charge is 0.227 e. The molecule has 0 fully saturated rings. The average molecular weight is 340 g/mol. The van der Waals surface area contributed by atoms with E-state index in [0.717, 1.165) is 18.4 Å². The van der Waals surface area contributed by atoms with Crippen LogP contribution < -0.4 is 11.1 Å². The quantitative estimate of drug-likeness (QED) is 0.828. The fourth-order valence-corrected chi connectivity index (χ4v) is 2.46. The highest BCUT2D eigenvalue weighted by molar-refractivity contribution is 6.35. The molecule has 0 unspecified atom stereocenters. The third-order valence-electron chi connectivity index (χ3n) is 3.68. The minimum atomic E-state index is -0.487. The second-order valence-electron chi connectivity index (χ2n) is 4.61. The van der Waals surface area contributed by atoms with E-state index in [-0.39, 0.29) is 18.3 Å². The second-order valence-corrected chi connectivity index (χ2v) is 5.45. The van der Waals surface area contributed by atoms with Crippen LogP contribution in [0, 0.1) is 5.41 Å². The van der Waals surface area contributed by atoms with E-state index < -0.39 is 5.41 Å². The summed E-state index contributed by atoms with van der Waals surface area (Å²) < 4.78 is 0. The van der Waals surface area contributed by atoms with Crippen molar-refractivity contribution >= 4 is 41.5 Å². The van der Waals surface area contributed by atoms with Crippen molar-refractivity contribution in [3.05, 3.63) is 33.8 Å². The zero-order valence-corrected chi connectivity index (χ0v) is 14.0. The Kier molecular flexibility index (Phi) is 8.52. The molecular formula is C14H21Cl3N2O. The summed E-state index contributed by atoms with van der Waals surface area (Å²) in [5.41, 5.74) is 6.10. The number of hydrogen-bond acceptors (Lipinski definition) is 2. The monoisotopic (exact) mass is 338 g/mol. The zero-order valence-electron chi connectivity index (χ0n) is 11.7. The first-order valence-corrected chi connectivity index (χ1v) is 7.17. The molecule has 0 heterocycles. The highest BCUT2D eigenvalue weighted by atomic mass is 35.5. The fourth-order valence-electron chi connectivity index (χ4n) is 1.98. The first-order valence-electron chi connectivity index (χ1n) is 6.41. The molecule has 1 amide bonds. The van der Waals surface area contributed by atoms with Gasteiger partial charge >= 0.3 is 0 Å². The molecule has 1 aromatic rings. The van der Waals surface area contributed by atoms with Crippen LogP contribution in [0.25, 0.3) is 0 Å². The summed E-state index contributed by atoms with van der Waals surface area (Å²) in [7, 11) is 0. The molecule has 0 bridgehead atoms. The highest BCUT2D eigenvalue weighted by Gasteiger charge is 2.32. The molecular weight excluding hydrogens is 319 g/mol. The van der Waals surface area contributed by atoms with E-state index in [1.807, 2.05) is 19.9 Å². The van der Waals surface area contributed by atoms with Gasteiger partial charge in [0.15, 0.2) is 0 Å². The van der Waals surface area contributed by atoms with Crippen LogP contribution in [0.5, 0.6) is 0 Å². The van der Waals surface area contributed by atoms with Crippen LogP contribution in [0.15, 0.2) is 18.2 Å². The van der Waals surface area contributed by atoms with Crippen LogP contribution in [-0.4, -0.2) is 12.5 Å². The first-order chi connectivity index (χ1) is 8.99. The molecule has 0 aliphatic heterocycles. The number of nitrogens with one attached hydrogen (secondary N) is 1. The Morgan fingerprint density at radius 3 is 2.35 bits per heavy atom. The average Bonchev–Trinajstić information content (AvgIpc) is 2.40. The molecule has 0 aromatic heterocycles. The molecule has 20 heavy (non-hydrogen) atoms. The SMILES string of the molecule is CCC(CC)(CN)C(=O)NCc1ccc(Cl)cc1Cl.Cl. The van der Waals surface area contributed by atoms with Gasteiger partial charge in [0.1, 0.15) is 0 Å². The van der Waals surface area contributed by atoms with Crippen LogP contribution in [0.3, 0.4) is 0 Å². The third kappa shape index (κ3) is 4.52. The first kappa shape index (κ1) is 19.5. The molecule has 0 spiro atoms. The van der Waals surface area contributed by atoms with Crippen LogP contribution in [0.2, 0.25) is 10.0 Å². The number of benzene rings is 1. The Bertz CT molecular complexity index is 440. The van der Waals surface area contributed by atoms with Crippen LogP contribution in [0.1, 0.15) is 32.3 Å². The number of rotatable bonds is 6. The predicted molar refractivity (Wildman–Crippen MR) is 87.6 cm³/mol. The summed E-state index contributed by atoms with van der Waals surface area (Å²) >= 11 is 11.9. The minimum absolute atomic E-state index is 0. The Labute approximate surface area is 136 Å². The van der Waals surface area contributed by atoms with Gasteiger partial charge in [-0.2, -0.15) is 0 Å². The van der Waals surface area contributed by atoms with E-state index in [0.29, 0.717) is 23.1 Å². The number of amides is 1. The second kappa shape index (κ2) is 8.73. The lowest BCUT2D eigenvalue weighted by Crippen LogP contribution is -2.45. The molecule has 0 aliphatic carbocycles. The van der Waals surface area contributed by atoms with E-state index in [1.54, 1.807) is 12.1 Å². The Hall–Kier alpha value is -0.480. The Morgan fingerprint density at radius 1 is 1.30 bits per heavy atom. The summed E-state index contributed by atoms with van der Waals surface area (Å²) in [6, 6.07) is 5.23. The lowest BCUT2D eigenvalue weighted by atomic mass is 9.81. The molecule has 0 saturated carbocycles. The van der Waals surface area contributed by atoms with Crippen molar-refractivity contribution in [2.75, 3.05) is 6.54 Å². The lowest BCUT2D eigenvalue weighted by molar-refractivity contribution is -0.131. The van der Waals surface area contributed by atoms with E-state index in [2.05, 4.69) is 5.32 Å². The zero-order chi connectivity index (χ0) is 14.5. The standard InChI is InChI=1S/C14H20Cl2N2O.ClH/c1-3-14(4-2,9-17)13(19)18-8-10-5-6-11(15)7-12(10)16;/h5-7H,3-4,8-9,17H2,1-2H3,(H,18,19);1H. The number of halogens is 3. The Balaban J connectivity index is 0.00000361. The molecule has 114 valence electrons. The minimum Gasteiger partial charge on any atom is -0.351 e. The molecule has 0 radical (unpaired) electrons. The summed E-state index contributed by atoms with van der Waals surface area (Å²) in [6.07, 6.45) is 1.44. The van der Waals surface area contributed by atoms with Gasteiger partial charge in [0.2, 0.25) is 5.91 Å². The van der Waals surface area contributed by atoms with Gasteiger partial charge < -0.3 is 11.1 Å². The number of nitrogens with two attached hydrogens (primary N) is 1. The maximum absolute atomic E-state index is 12.2. The largest absolute Gasteiger partial charge is 0.351 e. The van der Waals surface area contributed by atoms with Gasteiger partial charge in [0, 0.05) is 23.1 Å². The van der Waals surface area contributed by atoms with Gasteiger partial charge in [-0.1, -0.05) is 43.1 Å². The van der Waals surface area contributed by atoms with Gasteiger partial charge in [-0.15, -0.1) is 12.4 Å². The van der Waals surface area contributed by atoms with Crippen molar-refractivity contribution < 1.29 is 4.79 Å². The number of hydrogen-bond donors (Lipinski definition) is 2. The normalized spacial score (nSPS) is 10.8.